The van der Waals surface area contributed by atoms with Crippen molar-refractivity contribution in [3.05, 3.63) is 47.2 Å². The van der Waals surface area contributed by atoms with Gasteiger partial charge >= 0.3 is 18.0 Å². The SMILES string of the molecule is CCOC(=O)C1=C(CN2CCC[C@@H](C(=O)OCC)C2)N(CC)C(=O)N[C@H]1c1ccccc1. The molecule has 174 valence electrons. The molecule has 2 aliphatic rings. The number of benzene rings is 1. The van der Waals surface area contributed by atoms with E-state index in [1.165, 1.54) is 0 Å². The fourth-order valence-electron chi connectivity index (χ4n) is 4.42. The number of rotatable bonds is 8. The highest BCUT2D eigenvalue weighted by Crippen LogP contribution is 2.32. The molecule has 2 atom stereocenters. The molecule has 2 heterocycles. The summed E-state index contributed by atoms with van der Waals surface area (Å²) < 4.78 is 10.6. The lowest BCUT2D eigenvalue weighted by molar-refractivity contribution is -0.150. The van der Waals surface area contributed by atoms with Gasteiger partial charge in [-0.05, 0) is 45.7 Å². The van der Waals surface area contributed by atoms with E-state index in [9.17, 15) is 14.4 Å². The number of carbonyl (C=O) groups excluding carboxylic acids is 3. The fraction of sp³-hybridized carbons (Fsp3) is 0.542. The molecule has 1 saturated heterocycles. The zero-order chi connectivity index (χ0) is 23.1. The van der Waals surface area contributed by atoms with Crippen LogP contribution in [-0.4, -0.2) is 67.2 Å². The zero-order valence-electron chi connectivity index (χ0n) is 19.1. The predicted molar refractivity (Wildman–Crippen MR) is 120 cm³/mol. The summed E-state index contributed by atoms with van der Waals surface area (Å²) in [6, 6.07) is 8.59. The van der Waals surface area contributed by atoms with Crippen molar-refractivity contribution in [1.82, 2.24) is 15.1 Å². The standard InChI is InChI=1S/C24H33N3O5/c1-4-27-19(16-26-14-10-13-18(15-26)22(28)31-5-2)20(23(29)32-6-3)21(25-24(27)30)17-11-8-7-9-12-17/h7-9,11-12,18,21H,4-6,10,13-16H2,1-3H3,(H,25,30)/t18-,21+/m1/s1. The maximum absolute atomic E-state index is 13.1. The van der Waals surface area contributed by atoms with Gasteiger partial charge in [-0.15, -0.1) is 0 Å². The summed E-state index contributed by atoms with van der Waals surface area (Å²) in [5.41, 5.74) is 1.89. The molecule has 1 fully saturated rings. The van der Waals surface area contributed by atoms with Gasteiger partial charge < -0.3 is 14.8 Å². The van der Waals surface area contributed by atoms with Crippen molar-refractivity contribution in [2.45, 2.75) is 39.7 Å². The Balaban J connectivity index is 1.98. The van der Waals surface area contributed by atoms with Crippen molar-refractivity contribution >= 4 is 18.0 Å². The Morgan fingerprint density at radius 1 is 1.09 bits per heavy atom. The van der Waals surface area contributed by atoms with E-state index in [4.69, 9.17) is 9.47 Å². The third-order valence-electron chi connectivity index (χ3n) is 5.88. The minimum absolute atomic E-state index is 0.187. The Bertz CT molecular complexity index is 854. The molecule has 2 aliphatic heterocycles. The minimum atomic E-state index is -0.591. The number of esters is 2. The summed E-state index contributed by atoms with van der Waals surface area (Å²) in [7, 11) is 0. The second kappa shape index (κ2) is 11.1. The predicted octanol–water partition coefficient (Wildman–Crippen LogP) is 2.87. The summed E-state index contributed by atoms with van der Waals surface area (Å²) in [5, 5.41) is 2.97. The van der Waals surface area contributed by atoms with Gasteiger partial charge in [-0.2, -0.15) is 0 Å². The van der Waals surface area contributed by atoms with E-state index in [1.54, 1.807) is 18.7 Å². The normalized spacial score (nSPS) is 21.8. The average Bonchev–Trinajstić information content (AvgIpc) is 2.80. The van der Waals surface area contributed by atoms with Gasteiger partial charge in [-0.3, -0.25) is 14.6 Å². The van der Waals surface area contributed by atoms with Gasteiger partial charge in [0.15, 0.2) is 0 Å². The van der Waals surface area contributed by atoms with Gasteiger partial charge in [0.05, 0.1) is 30.7 Å². The van der Waals surface area contributed by atoms with Gasteiger partial charge in [0.1, 0.15) is 0 Å². The first-order valence-corrected chi connectivity index (χ1v) is 11.4. The van der Waals surface area contributed by atoms with Crippen LogP contribution in [0.3, 0.4) is 0 Å². The molecule has 0 aliphatic carbocycles. The summed E-state index contributed by atoms with van der Waals surface area (Å²) in [4.78, 5) is 42.1. The molecule has 0 bridgehead atoms. The Morgan fingerprint density at radius 2 is 1.81 bits per heavy atom. The number of ether oxygens (including phenoxy) is 2. The molecule has 0 radical (unpaired) electrons. The van der Waals surface area contributed by atoms with E-state index in [0.717, 1.165) is 24.9 Å². The van der Waals surface area contributed by atoms with Crippen molar-refractivity contribution in [3.8, 4) is 0 Å². The number of piperidine rings is 1. The van der Waals surface area contributed by atoms with Crippen LogP contribution >= 0.6 is 0 Å². The molecule has 1 N–H and O–H groups in total. The number of amides is 2. The zero-order valence-corrected chi connectivity index (χ0v) is 19.1. The van der Waals surface area contributed by atoms with E-state index >= 15 is 0 Å². The lowest BCUT2D eigenvalue weighted by Gasteiger charge is -2.39. The largest absolute Gasteiger partial charge is 0.466 e. The number of nitrogens with one attached hydrogen (secondary N) is 1. The monoisotopic (exact) mass is 443 g/mol. The van der Waals surface area contributed by atoms with Gasteiger partial charge in [0, 0.05) is 25.3 Å². The van der Waals surface area contributed by atoms with Crippen molar-refractivity contribution < 1.29 is 23.9 Å². The van der Waals surface area contributed by atoms with Crippen LogP contribution in [0, 0.1) is 5.92 Å². The number of likely N-dealkylation sites (N-methyl/N-ethyl adjacent to an activating group) is 1. The summed E-state index contributed by atoms with van der Waals surface area (Å²) >= 11 is 0. The highest BCUT2D eigenvalue weighted by molar-refractivity contribution is 5.95. The highest BCUT2D eigenvalue weighted by atomic mass is 16.5. The van der Waals surface area contributed by atoms with Crippen LogP contribution in [0.25, 0.3) is 0 Å². The molecule has 8 heteroatoms. The second-order valence-corrected chi connectivity index (χ2v) is 7.94. The van der Waals surface area contributed by atoms with Crippen LogP contribution in [0.15, 0.2) is 41.6 Å². The lowest BCUT2D eigenvalue weighted by atomic mass is 9.93. The number of likely N-dealkylation sites (tertiary alicyclic amines) is 1. The van der Waals surface area contributed by atoms with Crippen molar-refractivity contribution in [2.75, 3.05) is 39.4 Å². The van der Waals surface area contributed by atoms with Crippen LogP contribution in [0.2, 0.25) is 0 Å². The van der Waals surface area contributed by atoms with Crippen LogP contribution in [0.1, 0.15) is 45.2 Å². The average molecular weight is 444 g/mol. The molecular weight excluding hydrogens is 410 g/mol. The van der Waals surface area contributed by atoms with Crippen molar-refractivity contribution in [3.63, 3.8) is 0 Å². The molecule has 32 heavy (non-hydrogen) atoms. The quantitative estimate of drug-likeness (QED) is 0.622. The molecule has 0 unspecified atom stereocenters. The number of carbonyl (C=O) groups is 3. The van der Waals surface area contributed by atoms with Crippen molar-refractivity contribution in [1.29, 1.82) is 0 Å². The minimum Gasteiger partial charge on any atom is -0.466 e. The number of hydrogen-bond acceptors (Lipinski definition) is 6. The topological polar surface area (TPSA) is 88.2 Å². The van der Waals surface area contributed by atoms with E-state index in [0.29, 0.717) is 37.5 Å². The molecule has 0 spiro atoms. The van der Waals surface area contributed by atoms with Gasteiger partial charge in [-0.25, -0.2) is 9.59 Å². The fourth-order valence-corrected chi connectivity index (χ4v) is 4.42. The molecule has 1 aromatic carbocycles. The smallest absolute Gasteiger partial charge is 0.338 e. The van der Waals surface area contributed by atoms with E-state index in [1.807, 2.05) is 37.3 Å². The van der Waals surface area contributed by atoms with E-state index in [-0.39, 0.29) is 24.5 Å². The first-order chi connectivity index (χ1) is 15.5. The molecular formula is C24H33N3O5. The first-order valence-electron chi connectivity index (χ1n) is 11.4. The summed E-state index contributed by atoms with van der Waals surface area (Å²) in [5.74, 6) is -0.825. The van der Waals surface area contributed by atoms with Gasteiger partial charge in [-0.1, -0.05) is 30.3 Å². The molecule has 8 nitrogen and oxygen atoms in total. The molecule has 3 rings (SSSR count). The van der Waals surface area contributed by atoms with Gasteiger partial charge in [0.25, 0.3) is 0 Å². The van der Waals surface area contributed by atoms with E-state index in [2.05, 4.69) is 10.2 Å². The molecule has 0 aromatic heterocycles. The Kier molecular flexibility index (Phi) is 8.27. The maximum Gasteiger partial charge on any atom is 0.338 e. The van der Waals surface area contributed by atoms with E-state index < -0.39 is 12.0 Å². The summed E-state index contributed by atoms with van der Waals surface area (Å²) in [6.07, 6.45) is 1.63. The maximum atomic E-state index is 13.1. The second-order valence-electron chi connectivity index (χ2n) is 7.94. The Labute approximate surface area is 189 Å². The molecule has 1 aromatic rings. The van der Waals surface area contributed by atoms with Gasteiger partial charge in [0.2, 0.25) is 0 Å². The third-order valence-corrected chi connectivity index (χ3v) is 5.88. The number of nitrogens with zero attached hydrogens (tertiary/aromatic N) is 2. The Hall–Kier alpha value is -2.87. The number of hydrogen-bond donors (Lipinski definition) is 1. The number of urea groups is 1. The summed E-state index contributed by atoms with van der Waals surface area (Å²) in [6.45, 7) is 8.17. The van der Waals surface area contributed by atoms with Crippen LogP contribution in [-0.2, 0) is 19.1 Å². The highest BCUT2D eigenvalue weighted by Gasteiger charge is 2.39. The third kappa shape index (κ3) is 5.30. The van der Waals surface area contributed by atoms with Crippen LogP contribution < -0.4 is 5.32 Å². The van der Waals surface area contributed by atoms with Crippen molar-refractivity contribution in [2.24, 2.45) is 5.92 Å². The molecule has 0 saturated carbocycles. The van der Waals surface area contributed by atoms with Crippen LogP contribution in [0.4, 0.5) is 4.79 Å². The first kappa shape index (κ1) is 23.8. The van der Waals surface area contributed by atoms with Crippen LogP contribution in [0.5, 0.6) is 0 Å². The Morgan fingerprint density at radius 3 is 2.47 bits per heavy atom. The lowest BCUT2D eigenvalue weighted by Crippen LogP contribution is -2.51. The molecule has 2 amide bonds.